The number of hydrogen-bond donors (Lipinski definition) is 1. The summed E-state index contributed by atoms with van der Waals surface area (Å²) < 4.78 is 13.1. The summed E-state index contributed by atoms with van der Waals surface area (Å²) in [5, 5.41) is 4.32. The van der Waals surface area contributed by atoms with Crippen LogP contribution >= 0.6 is 0 Å². The lowest BCUT2D eigenvalue weighted by Gasteiger charge is -2.09. The molecule has 0 amide bonds. The molecule has 3 nitrogen and oxygen atoms in total. The number of hydrogen-bond acceptors (Lipinski definition) is 3. The Kier molecular flexibility index (Phi) is 2.73. The van der Waals surface area contributed by atoms with Crippen molar-refractivity contribution >= 4 is 10.9 Å². The Hall–Kier alpha value is -1.55. The zero-order chi connectivity index (χ0) is 11.7. The zero-order valence-corrected chi connectivity index (χ0v) is 9.49. The number of nitrogens with one attached hydrogen (secondary N) is 1. The second kappa shape index (κ2) is 4.37. The van der Waals surface area contributed by atoms with Crippen LogP contribution in [0.3, 0.4) is 0 Å². The van der Waals surface area contributed by atoms with Crippen molar-refractivity contribution in [3.63, 3.8) is 0 Å². The average Bonchev–Trinajstić information content (AvgIpc) is 2.82. The van der Waals surface area contributed by atoms with Crippen LogP contribution in [0.15, 0.2) is 24.5 Å². The highest BCUT2D eigenvalue weighted by Crippen LogP contribution is 2.20. The highest BCUT2D eigenvalue weighted by atomic mass is 19.1. The molecule has 0 spiro atoms. The van der Waals surface area contributed by atoms with Crippen molar-refractivity contribution in [1.82, 2.24) is 15.3 Å². The van der Waals surface area contributed by atoms with Gasteiger partial charge in [-0.15, -0.1) is 0 Å². The quantitative estimate of drug-likeness (QED) is 0.858. The summed E-state index contributed by atoms with van der Waals surface area (Å²) in [5.41, 5.74) is 1.73. The monoisotopic (exact) mass is 231 g/mol. The first-order chi connectivity index (χ1) is 8.33. The van der Waals surface area contributed by atoms with E-state index in [1.54, 1.807) is 6.07 Å². The lowest BCUT2D eigenvalue weighted by molar-refractivity contribution is 0.573. The van der Waals surface area contributed by atoms with E-state index in [2.05, 4.69) is 15.3 Å². The highest BCUT2D eigenvalue weighted by molar-refractivity contribution is 5.80. The van der Waals surface area contributed by atoms with Crippen LogP contribution in [0.25, 0.3) is 10.9 Å². The van der Waals surface area contributed by atoms with Crippen molar-refractivity contribution in [2.45, 2.75) is 12.8 Å². The van der Waals surface area contributed by atoms with Gasteiger partial charge in [-0.3, -0.25) is 0 Å². The van der Waals surface area contributed by atoms with E-state index in [4.69, 9.17) is 0 Å². The Labute approximate surface area is 99.1 Å². The molecule has 1 aromatic heterocycles. The van der Waals surface area contributed by atoms with Gasteiger partial charge in [0.1, 0.15) is 12.1 Å². The second-order valence-corrected chi connectivity index (χ2v) is 4.54. The van der Waals surface area contributed by atoms with E-state index in [1.807, 2.05) is 0 Å². The minimum atomic E-state index is -0.246. The maximum Gasteiger partial charge on any atom is 0.125 e. The molecule has 1 aromatic carbocycles. The van der Waals surface area contributed by atoms with Gasteiger partial charge in [0.15, 0.2) is 0 Å². The molecule has 0 radical (unpaired) electrons. The summed E-state index contributed by atoms with van der Waals surface area (Å²) in [6.07, 6.45) is 3.66. The third kappa shape index (κ3) is 2.13. The molecule has 0 saturated carbocycles. The van der Waals surface area contributed by atoms with E-state index in [9.17, 15) is 4.39 Å². The number of rotatable bonds is 2. The summed E-state index contributed by atoms with van der Waals surface area (Å²) in [7, 11) is 0. The molecule has 2 heterocycles. The predicted molar refractivity (Wildman–Crippen MR) is 64.2 cm³/mol. The second-order valence-electron chi connectivity index (χ2n) is 4.54. The Morgan fingerprint density at radius 3 is 3.12 bits per heavy atom. The first-order valence-corrected chi connectivity index (χ1v) is 5.93. The van der Waals surface area contributed by atoms with Crippen LogP contribution in [0.5, 0.6) is 0 Å². The third-order valence-electron chi connectivity index (χ3n) is 3.33. The van der Waals surface area contributed by atoms with Crippen LogP contribution in [0.1, 0.15) is 12.1 Å². The van der Waals surface area contributed by atoms with Crippen molar-refractivity contribution in [1.29, 1.82) is 0 Å². The maximum atomic E-state index is 13.1. The largest absolute Gasteiger partial charge is 0.316 e. The van der Waals surface area contributed by atoms with Gasteiger partial charge < -0.3 is 5.32 Å². The molecule has 0 aliphatic carbocycles. The van der Waals surface area contributed by atoms with Crippen molar-refractivity contribution in [3.05, 3.63) is 36.0 Å². The standard InChI is InChI=1S/C13H14FN3/c14-10-1-2-11-12(5-9-3-4-15-7-9)16-8-17-13(11)6-10/h1-2,6,8-9,15H,3-5,7H2. The lowest BCUT2D eigenvalue weighted by atomic mass is 10.00. The molecule has 1 unspecified atom stereocenters. The summed E-state index contributed by atoms with van der Waals surface area (Å²) in [6, 6.07) is 4.72. The van der Waals surface area contributed by atoms with E-state index in [0.29, 0.717) is 11.4 Å². The van der Waals surface area contributed by atoms with E-state index in [-0.39, 0.29) is 5.82 Å². The van der Waals surface area contributed by atoms with Crippen LogP contribution in [-0.4, -0.2) is 23.1 Å². The third-order valence-corrected chi connectivity index (χ3v) is 3.33. The van der Waals surface area contributed by atoms with Gasteiger partial charge in [0.05, 0.1) is 11.2 Å². The lowest BCUT2D eigenvalue weighted by Crippen LogP contribution is -2.11. The van der Waals surface area contributed by atoms with Crippen LogP contribution in [0.2, 0.25) is 0 Å². The Balaban J connectivity index is 1.97. The average molecular weight is 231 g/mol. The van der Waals surface area contributed by atoms with Crippen LogP contribution in [0.4, 0.5) is 4.39 Å². The minimum absolute atomic E-state index is 0.246. The van der Waals surface area contributed by atoms with E-state index in [1.165, 1.54) is 24.9 Å². The van der Waals surface area contributed by atoms with Gasteiger partial charge in [-0.05, 0) is 44.0 Å². The van der Waals surface area contributed by atoms with Gasteiger partial charge in [0, 0.05) is 11.5 Å². The predicted octanol–water partition coefficient (Wildman–Crippen LogP) is 1.92. The molecular weight excluding hydrogens is 217 g/mol. The molecule has 1 aliphatic rings. The smallest absolute Gasteiger partial charge is 0.125 e. The molecule has 0 bridgehead atoms. The van der Waals surface area contributed by atoms with Crippen molar-refractivity contribution in [3.8, 4) is 0 Å². The Morgan fingerprint density at radius 1 is 1.35 bits per heavy atom. The van der Waals surface area contributed by atoms with Crippen LogP contribution in [-0.2, 0) is 6.42 Å². The number of nitrogens with zero attached hydrogens (tertiary/aromatic N) is 2. The fourth-order valence-corrected chi connectivity index (χ4v) is 2.41. The summed E-state index contributed by atoms with van der Waals surface area (Å²) >= 11 is 0. The van der Waals surface area contributed by atoms with E-state index < -0.39 is 0 Å². The van der Waals surface area contributed by atoms with Crippen LogP contribution in [0, 0.1) is 11.7 Å². The normalized spacial score (nSPS) is 19.9. The van der Waals surface area contributed by atoms with Crippen molar-refractivity contribution < 1.29 is 4.39 Å². The van der Waals surface area contributed by atoms with Gasteiger partial charge in [0.25, 0.3) is 0 Å². The number of benzene rings is 1. The minimum Gasteiger partial charge on any atom is -0.316 e. The summed E-state index contributed by atoms with van der Waals surface area (Å²) in [4.78, 5) is 8.45. The first-order valence-electron chi connectivity index (χ1n) is 5.93. The molecule has 2 aromatic rings. The summed E-state index contributed by atoms with van der Waals surface area (Å²) in [5.74, 6) is 0.392. The molecule has 1 N–H and O–H groups in total. The number of halogens is 1. The van der Waals surface area contributed by atoms with Crippen LogP contribution < -0.4 is 5.32 Å². The van der Waals surface area contributed by atoms with Gasteiger partial charge >= 0.3 is 0 Å². The Morgan fingerprint density at radius 2 is 2.29 bits per heavy atom. The first kappa shape index (κ1) is 10.6. The van der Waals surface area contributed by atoms with Crippen molar-refractivity contribution in [2.75, 3.05) is 13.1 Å². The summed E-state index contributed by atoms with van der Waals surface area (Å²) in [6.45, 7) is 2.13. The molecule has 17 heavy (non-hydrogen) atoms. The molecule has 1 saturated heterocycles. The Bertz CT molecular complexity index is 535. The highest BCUT2D eigenvalue weighted by Gasteiger charge is 2.17. The fourth-order valence-electron chi connectivity index (χ4n) is 2.41. The van der Waals surface area contributed by atoms with Gasteiger partial charge in [-0.25, -0.2) is 14.4 Å². The molecule has 1 atom stereocenters. The number of aromatic nitrogens is 2. The van der Waals surface area contributed by atoms with E-state index in [0.717, 1.165) is 30.6 Å². The van der Waals surface area contributed by atoms with Crippen molar-refractivity contribution in [2.24, 2.45) is 5.92 Å². The molecule has 88 valence electrons. The number of fused-ring (bicyclic) bond motifs is 1. The molecule has 1 fully saturated rings. The van der Waals surface area contributed by atoms with E-state index >= 15 is 0 Å². The fraction of sp³-hybridized carbons (Fsp3) is 0.385. The maximum absolute atomic E-state index is 13.1. The molecule has 3 rings (SSSR count). The topological polar surface area (TPSA) is 37.8 Å². The zero-order valence-electron chi connectivity index (χ0n) is 9.49. The SMILES string of the molecule is Fc1ccc2c(CC3CCNC3)ncnc2c1. The molecule has 4 heteroatoms. The molecular formula is C13H14FN3. The van der Waals surface area contributed by atoms with Gasteiger partial charge in [0.2, 0.25) is 0 Å². The molecule has 1 aliphatic heterocycles. The van der Waals surface area contributed by atoms with Gasteiger partial charge in [-0.2, -0.15) is 0 Å². The van der Waals surface area contributed by atoms with Gasteiger partial charge in [-0.1, -0.05) is 0 Å².